The molecule has 0 saturated carbocycles. The molecule has 1 heterocycles. The maximum absolute atomic E-state index is 10.5. The van der Waals surface area contributed by atoms with E-state index in [-0.39, 0.29) is 12.5 Å². The zero-order valence-electron chi connectivity index (χ0n) is 7.97. The molecule has 0 aromatic carbocycles. The third-order valence-electron chi connectivity index (χ3n) is 1.44. The van der Waals surface area contributed by atoms with Gasteiger partial charge in [0, 0.05) is 13.1 Å². The summed E-state index contributed by atoms with van der Waals surface area (Å²) in [5, 5.41) is 3.40. The normalized spacial score (nSPS) is 9.00. The molecular weight excluding hydrogens is 235 g/mol. The highest BCUT2D eigenvalue weighted by Gasteiger charge is 1.98. The van der Waals surface area contributed by atoms with Gasteiger partial charge in [0.25, 0.3) is 0 Å². The quantitative estimate of drug-likeness (QED) is 0.765. The monoisotopic (exact) mass is 242 g/mol. The highest BCUT2D eigenvalue weighted by molar-refractivity contribution is 6.35. The number of carbonyl (C=O) groups excluding carboxylic acids is 1. The van der Waals surface area contributed by atoms with Gasteiger partial charge in [0.05, 0.1) is 16.6 Å². The molecule has 0 spiro atoms. The predicted molar refractivity (Wildman–Crippen MR) is 59.8 cm³/mol. The van der Waals surface area contributed by atoms with Crippen molar-refractivity contribution in [3.63, 3.8) is 0 Å². The van der Waals surface area contributed by atoms with E-state index in [1.165, 1.54) is 13.1 Å². The van der Waals surface area contributed by atoms with Crippen molar-refractivity contribution in [1.29, 1.82) is 0 Å². The van der Waals surface area contributed by atoms with Crippen molar-refractivity contribution in [3.8, 4) is 11.8 Å². The Bertz CT molecular complexity index is 435. The molecule has 0 unspecified atom stereocenters. The van der Waals surface area contributed by atoms with Crippen molar-refractivity contribution >= 4 is 29.1 Å². The highest BCUT2D eigenvalue weighted by Crippen LogP contribution is 2.17. The van der Waals surface area contributed by atoms with Crippen LogP contribution in [0.5, 0.6) is 0 Å². The number of aromatic nitrogens is 1. The van der Waals surface area contributed by atoms with Crippen molar-refractivity contribution in [3.05, 3.63) is 28.0 Å². The van der Waals surface area contributed by atoms with Crippen LogP contribution in [-0.4, -0.2) is 17.4 Å². The first-order valence-electron chi connectivity index (χ1n) is 4.14. The van der Waals surface area contributed by atoms with E-state index in [0.717, 1.165) is 0 Å². The van der Waals surface area contributed by atoms with Crippen LogP contribution in [-0.2, 0) is 4.79 Å². The zero-order chi connectivity index (χ0) is 11.3. The number of nitrogens with zero attached hydrogens (tertiary/aromatic N) is 1. The molecule has 15 heavy (non-hydrogen) atoms. The maximum atomic E-state index is 10.5. The topological polar surface area (TPSA) is 42.0 Å². The van der Waals surface area contributed by atoms with Crippen LogP contribution in [0.1, 0.15) is 12.6 Å². The number of rotatable bonds is 1. The standard InChI is InChI=1S/C10H8Cl2N2O/c1-7(15)13-4-2-3-10-9(12)5-8(11)6-14-10/h5-6H,4H2,1H3,(H,13,15). The Balaban J connectivity index is 2.67. The van der Waals surface area contributed by atoms with Gasteiger partial charge in [0.2, 0.25) is 5.91 Å². The minimum Gasteiger partial charge on any atom is -0.345 e. The summed E-state index contributed by atoms with van der Waals surface area (Å²) in [6.07, 6.45) is 1.47. The molecule has 1 aromatic heterocycles. The Morgan fingerprint density at radius 1 is 1.60 bits per heavy atom. The van der Waals surface area contributed by atoms with Gasteiger partial charge >= 0.3 is 0 Å². The van der Waals surface area contributed by atoms with Crippen molar-refractivity contribution < 1.29 is 4.79 Å². The van der Waals surface area contributed by atoms with Crippen LogP contribution in [0.4, 0.5) is 0 Å². The number of halogens is 2. The van der Waals surface area contributed by atoms with Crippen LogP contribution < -0.4 is 5.32 Å². The maximum Gasteiger partial charge on any atom is 0.217 e. The number of hydrogen-bond acceptors (Lipinski definition) is 2. The summed E-state index contributed by atoms with van der Waals surface area (Å²) >= 11 is 11.5. The van der Waals surface area contributed by atoms with Gasteiger partial charge in [-0.25, -0.2) is 4.98 Å². The molecule has 0 fully saturated rings. The van der Waals surface area contributed by atoms with E-state index in [2.05, 4.69) is 22.1 Å². The van der Waals surface area contributed by atoms with Gasteiger partial charge in [-0.2, -0.15) is 0 Å². The van der Waals surface area contributed by atoms with E-state index in [9.17, 15) is 4.79 Å². The first-order valence-corrected chi connectivity index (χ1v) is 4.89. The zero-order valence-corrected chi connectivity index (χ0v) is 9.49. The number of pyridine rings is 1. The second-order valence-electron chi connectivity index (χ2n) is 2.70. The van der Waals surface area contributed by atoms with Gasteiger partial charge in [-0.3, -0.25) is 4.79 Å². The number of nitrogens with one attached hydrogen (secondary N) is 1. The van der Waals surface area contributed by atoms with Gasteiger partial charge in [-0.1, -0.05) is 29.1 Å². The minimum atomic E-state index is -0.125. The summed E-state index contributed by atoms with van der Waals surface area (Å²) in [7, 11) is 0. The predicted octanol–water partition coefficient (Wildman–Crippen LogP) is 1.88. The molecule has 0 atom stereocenters. The largest absolute Gasteiger partial charge is 0.345 e. The summed E-state index contributed by atoms with van der Waals surface area (Å²) in [6.45, 7) is 1.70. The lowest BCUT2D eigenvalue weighted by atomic mass is 10.3. The second kappa shape index (κ2) is 5.59. The molecular formula is C10H8Cl2N2O. The minimum absolute atomic E-state index is 0.125. The van der Waals surface area contributed by atoms with Gasteiger partial charge in [0.1, 0.15) is 5.69 Å². The van der Waals surface area contributed by atoms with E-state index >= 15 is 0 Å². The fourth-order valence-corrected chi connectivity index (χ4v) is 1.23. The lowest BCUT2D eigenvalue weighted by Gasteiger charge is -1.95. The van der Waals surface area contributed by atoms with Gasteiger partial charge in [-0.15, -0.1) is 0 Å². The molecule has 0 aliphatic heterocycles. The average Bonchev–Trinajstić information content (AvgIpc) is 2.14. The SMILES string of the molecule is CC(=O)NCC#Cc1ncc(Cl)cc1Cl. The third-order valence-corrected chi connectivity index (χ3v) is 1.94. The van der Waals surface area contributed by atoms with Crippen LogP contribution in [0.15, 0.2) is 12.3 Å². The summed E-state index contributed by atoms with van der Waals surface area (Å²) in [6, 6.07) is 1.57. The van der Waals surface area contributed by atoms with E-state index in [1.54, 1.807) is 6.07 Å². The van der Waals surface area contributed by atoms with Crippen LogP contribution in [0, 0.1) is 11.8 Å². The van der Waals surface area contributed by atoms with E-state index < -0.39 is 0 Å². The van der Waals surface area contributed by atoms with Crippen molar-refractivity contribution in [1.82, 2.24) is 10.3 Å². The molecule has 3 nitrogen and oxygen atoms in total. The van der Waals surface area contributed by atoms with Crippen LogP contribution in [0.2, 0.25) is 10.0 Å². The molecule has 0 saturated heterocycles. The molecule has 0 aliphatic rings. The molecule has 78 valence electrons. The highest BCUT2D eigenvalue weighted by atomic mass is 35.5. The first kappa shape index (κ1) is 11.8. The molecule has 0 aliphatic carbocycles. The van der Waals surface area contributed by atoms with E-state index in [0.29, 0.717) is 15.7 Å². The fourth-order valence-electron chi connectivity index (χ4n) is 0.803. The molecule has 1 aromatic rings. The van der Waals surface area contributed by atoms with Crippen molar-refractivity contribution in [2.24, 2.45) is 0 Å². The van der Waals surface area contributed by atoms with Crippen molar-refractivity contribution in [2.45, 2.75) is 6.92 Å². The molecule has 5 heteroatoms. The molecule has 1 N–H and O–H groups in total. The Labute approximate surface area is 97.8 Å². The van der Waals surface area contributed by atoms with Gasteiger partial charge in [-0.05, 0) is 12.0 Å². The number of amides is 1. The van der Waals surface area contributed by atoms with Crippen LogP contribution >= 0.6 is 23.2 Å². The van der Waals surface area contributed by atoms with Gasteiger partial charge in [0.15, 0.2) is 0 Å². The van der Waals surface area contributed by atoms with E-state index in [4.69, 9.17) is 23.2 Å². The van der Waals surface area contributed by atoms with E-state index in [1.807, 2.05) is 0 Å². The third kappa shape index (κ3) is 4.20. The summed E-state index contributed by atoms with van der Waals surface area (Å²) < 4.78 is 0. The van der Waals surface area contributed by atoms with Gasteiger partial charge < -0.3 is 5.32 Å². The Morgan fingerprint density at radius 2 is 2.33 bits per heavy atom. The lowest BCUT2D eigenvalue weighted by Crippen LogP contribution is -2.19. The first-order chi connectivity index (χ1) is 7.09. The molecule has 0 radical (unpaired) electrons. The van der Waals surface area contributed by atoms with Crippen LogP contribution in [0.3, 0.4) is 0 Å². The molecule has 1 rings (SSSR count). The smallest absolute Gasteiger partial charge is 0.217 e. The number of carbonyl (C=O) groups is 1. The molecule has 0 bridgehead atoms. The Kier molecular flexibility index (Phi) is 4.41. The van der Waals surface area contributed by atoms with Crippen molar-refractivity contribution in [2.75, 3.05) is 6.54 Å². The summed E-state index contributed by atoms with van der Waals surface area (Å²) in [5.41, 5.74) is 0.450. The fraction of sp³-hybridized carbons (Fsp3) is 0.200. The lowest BCUT2D eigenvalue weighted by molar-refractivity contribution is -0.118. The second-order valence-corrected chi connectivity index (χ2v) is 3.54. The van der Waals surface area contributed by atoms with Crippen LogP contribution in [0.25, 0.3) is 0 Å². The summed E-state index contributed by atoms with van der Waals surface area (Å²) in [4.78, 5) is 14.5. The molecule has 1 amide bonds. The number of hydrogen-bond donors (Lipinski definition) is 1. The Hall–Kier alpha value is -1.24. The summed E-state index contributed by atoms with van der Waals surface area (Å²) in [5.74, 6) is 5.32. The Morgan fingerprint density at radius 3 is 2.93 bits per heavy atom. The average molecular weight is 243 g/mol.